The number of aromatic nitrogens is 2. The predicted molar refractivity (Wildman–Crippen MR) is 57.6 cm³/mol. The molecule has 1 heterocycles. The first kappa shape index (κ1) is 9.65. The molecule has 0 aliphatic carbocycles. The van der Waals surface area contributed by atoms with Crippen LogP contribution in [0.1, 0.15) is 5.56 Å². The largest absolute Gasteiger partial charge is 0.480 e. The Hall–Kier alpha value is -1.90. The SMILES string of the molecule is COc1ccc(-c2c[c]c(C)cc2)nn1. The zero-order valence-corrected chi connectivity index (χ0v) is 8.69. The van der Waals surface area contributed by atoms with Gasteiger partial charge >= 0.3 is 0 Å². The van der Waals surface area contributed by atoms with Crippen LogP contribution in [0.15, 0.2) is 30.3 Å². The van der Waals surface area contributed by atoms with Crippen molar-refractivity contribution in [3.63, 3.8) is 0 Å². The summed E-state index contributed by atoms with van der Waals surface area (Å²) in [6, 6.07) is 12.7. The summed E-state index contributed by atoms with van der Waals surface area (Å²) in [5.74, 6) is 0.523. The lowest BCUT2D eigenvalue weighted by atomic mass is 10.1. The van der Waals surface area contributed by atoms with E-state index in [1.54, 1.807) is 13.2 Å². The van der Waals surface area contributed by atoms with E-state index >= 15 is 0 Å². The van der Waals surface area contributed by atoms with Crippen LogP contribution in [-0.4, -0.2) is 17.3 Å². The van der Waals surface area contributed by atoms with Crippen molar-refractivity contribution in [2.24, 2.45) is 0 Å². The highest BCUT2D eigenvalue weighted by Gasteiger charge is 2.00. The number of rotatable bonds is 2. The van der Waals surface area contributed by atoms with Crippen molar-refractivity contribution in [3.8, 4) is 17.1 Å². The van der Waals surface area contributed by atoms with Gasteiger partial charge in [-0.2, -0.15) is 0 Å². The fraction of sp³-hybridized carbons (Fsp3) is 0.167. The number of hydrogen-bond donors (Lipinski definition) is 0. The first-order chi connectivity index (χ1) is 7.29. The lowest BCUT2D eigenvalue weighted by molar-refractivity contribution is 0.392. The molecule has 3 heteroatoms. The van der Waals surface area contributed by atoms with Crippen molar-refractivity contribution in [2.75, 3.05) is 7.11 Å². The second kappa shape index (κ2) is 4.09. The van der Waals surface area contributed by atoms with Gasteiger partial charge in [-0.05, 0) is 30.7 Å². The molecule has 0 fully saturated rings. The molecule has 0 bridgehead atoms. The van der Waals surface area contributed by atoms with Crippen molar-refractivity contribution >= 4 is 0 Å². The van der Waals surface area contributed by atoms with Gasteiger partial charge in [-0.25, -0.2) is 0 Å². The van der Waals surface area contributed by atoms with Gasteiger partial charge in [-0.15, -0.1) is 10.2 Å². The van der Waals surface area contributed by atoms with Crippen molar-refractivity contribution in [3.05, 3.63) is 42.0 Å². The minimum absolute atomic E-state index is 0.523. The molecular weight excluding hydrogens is 188 g/mol. The molecule has 1 aromatic carbocycles. The van der Waals surface area contributed by atoms with Crippen LogP contribution in [0.5, 0.6) is 5.88 Å². The lowest BCUT2D eigenvalue weighted by Crippen LogP contribution is -1.91. The van der Waals surface area contributed by atoms with Gasteiger partial charge in [0.15, 0.2) is 0 Å². The predicted octanol–water partition coefficient (Wildman–Crippen LogP) is 2.26. The van der Waals surface area contributed by atoms with E-state index < -0.39 is 0 Å². The molecule has 0 aliphatic heterocycles. The Kier molecular flexibility index (Phi) is 2.63. The van der Waals surface area contributed by atoms with Crippen LogP contribution in [0.2, 0.25) is 0 Å². The Balaban J connectivity index is 2.33. The Bertz CT molecular complexity index is 434. The van der Waals surface area contributed by atoms with E-state index in [2.05, 4.69) is 16.3 Å². The molecule has 2 rings (SSSR count). The molecule has 2 aromatic rings. The molecule has 1 aromatic heterocycles. The maximum absolute atomic E-state index is 4.94. The first-order valence-electron chi connectivity index (χ1n) is 4.66. The third-order valence-electron chi connectivity index (χ3n) is 2.11. The molecule has 75 valence electrons. The summed E-state index contributed by atoms with van der Waals surface area (Å²) in [6.07, 6.45) is 0. The lowest BCUT2D eigenvalue weighted by Gasteiger charge is -2.01. The average Bonchev–Trinajstić information content (AvgIpc) is 2.30. The Morgan fingerprint density at radius 2 is 2.00 bits per heavy atom. The average molecular weight is 199 g/mol. The molecule has 1 radical (unpaired) electrons. The molecular formula is C12H11N2O. The van der Waals surface area contributed by atoms with Crippen LogP contribution in [0.25, 0.3) is 11.3 Å². The number of nitrogens with zero attached hydrogens (tertiary/aromatic N) is 2. The van der Waals surface area contributed by atoms with Crippen LogP contribution in [0.3, 0.4) is 0 Å². The van der Waals surface area contributed by atoms with Gasteiger partial charge in [0.25, 0.3) is 0 Å². The molecule has 3 nitrogen and oxygen atoms in total. The van der Waals surface area contributed by atoms with Gasteiger partial charge in [0.05, 0.1) is 12.8 Å². The number of benzene rings is 1. The second-order valence-corrected chi connectivity index (χ2v) is 3.22. The molecule has 15 heavy (non-hydrogen) atoms. The summed E-state index contributed by atoms with van der Waals surface area (Å²) in [7, 11) is 1.57. The summed E-state index contributed by atoms with van der Waals surface area (Å²) < 4.78 is 4.94. The maximum atomic E-state index is 4.94. The quantitative estimate of drug-likeness (QED) is 0.744. The van der Waals surface area contributed by atoms with Crippen molar-refractivity contribution in [1.82, 2.24) is 10.2 Å². The molecule has 0 saturated carbocycles. The molecule has 0 spiro atoms. The van der Waals surface area contributed by atoms with Gasteiger partial charge < -0.3 is 4.74 Å². The van der Waals surface area contributed by atoms with Crippen molar-refractivity contribution < 1.29 is 4.74 Å². The van der Waals surface area contributed by atoms with Gasteiger partial charge in [-0.3, -0.25) is 0 Å². The van der Waals surface area contributed by atoms with Crippen molar-refractivity contribution in [1.29, 1.82) is 0 Å². The summed E-state index contributed by atoms with van der Waals surface area (Å²) >= 11 is 0. The number of hydrogen-bond acceptors (Lipinski definition) is 3. The normalized spacial score (nSPS) is 10.0. The van der Waals surface area contributed by atoms with Crippen LogP contribution in [-0.2, 0) is 0 Å². The van der Waals surface area contributed by atoms with E-state index in [1.807, 2.05) is 31.2 Å². The van der Waals surface area contributed by atoms with E-state index in [4.69, 9.17) is 4.74 Å². The van der Waals surface area contributed by atoms with E-state index in [0.717, 1.165) is 16.8 Å². The van der Waals surface area contributed by atoms with E-state index in [0.29, 0.717) is 5.88 Å². The standard InChI is InChI=1S/C12H11N2O/c1-9-3-5-10(6-4-9)11-7-8-12(15-2)14-13-11/h3,5-8H,1-2H3. The summed E-state index contributed by atoms with van der Waals surface area (Å²) in [6.45, 7) is 2.00. The molecule has 0 aliphatic rings. The Morgan fingerprint density at radius 1 is 1.13 bits per heavy atom. The zero-order valence-electron chi connectivity index (χ0n) is 8.69. The minimum Gasteiger partial charge on any atom is -0.480 e. The summed E-state index contributed by atoms with van der Waals surface area (Å²) in [5, 5.41) is 7.96. The molecule has 0 amide bonds. The third-order valence-corrected chi connectivity index (χ3v) is 2.11. The molecule has 0 unspecified atom stereocenters. The highest BCUT2D eigenvalue weighted by atomic mass is 16.5. The number of ether oxygens (including phenoxy) is 1. The smallest absolute Gasteiger partial charge is 0.233 e. The van der Waals surface area contributed by atoms with E-state index in [9.17, 15) is 0 Å². The first-order valence-corrected chi connectivity index (χ1v) is 4.66. The molecule has 0 saturated heterocycles. The fourth-order valence-corrected chi connectivity index (χ4v) is 1.24. The van der Waals surface area contributed by atoms with Crippen LogP contribution >= 0.6 is 0 Å². The molecule has 0 atom stereocenters. The van der Waals surface area contributed by atoms with Crippen molar-refractivity contribution in [2.45, 2.75) is 6.92 Å². The highest BCUT2D eigenvalue weighted by molar-refractivity contribution is 5.58. The van der Waals surface area contributed by atoms with Gasteiger partial charge in [-0.1, -0.05) is 12.1 Å². The zero-order chi connectivity index (χ0) is 10.7. The van der Waals surface area contributed by atoms with Gasteiger partial charge in [0.2, 0.25) is 5.88 Å². The molecule has 0 N–H and O–H groups in total. The Morgan fingerprint density at radius 3 is 2.53 bits per heavy atom. The topological polar surface area (TPSA) is 35.0 Å². The Labute approximate surface area is 88.7 Å². The number of methoxy groups -OCH3 is 1. The van der Waals surface area contributed by atoms with Gasteiger partial charge in [0.1, 0.15) is 0 Å². The van der Waals surface area contributed by atoms with Crippen LogP contribution in [0, 0.1) is 13.0 Å². The minimum atomic E-state index is 0.523. The highest BCUT2D eigenvalue weighted by Crippen LogP contribution is 2.17. The van der Waals surface area contributed by atoms with E-state index in [-0.39, 0.29) is 0 Å². The fourth-order valence-electron chi connectivity index (χ4n) is 1.24. The monoisotopic (exact) mass is 199 g/mol. The maximum Gasteiger partial charge on any atom is 0.233 e. The van der Waals surface area contributed by atoms with Gasteiger partial charge in [0, 0.05) is 11.6 Å². The third kappa shape index (κ3) is 2.13. The van der Waals surface area contributed by atoms with Crippen LogP contribution in [0.4, 0.5) is 0 Å². The second-order valence-electron chi connectivity index (χ2n) is 3.22. The number of aryl methyl sites for hydroxylation is 1. The van der Waals surface area contributed by atoms with Crippen LogP contribution < -0.4 is 4.74 Å². The summed E-state index contributed by atoms with van der Waals surface area (Å²) in [5.41, 5.74) is 2.95. The summed E-state index contributed by atoms with van der Waals surface area (Å²) in [4.78, 5) is 0. The van der Waals surface area contributed by atoms with E-state index in [1.165, 1.54) is 0 Å².